The van der Waals surface area contributed by atoms with Gasteiger partial charge in [-0.1, -0.05) is 37.3 Å². The Balaban J connectivity index is 2.43. The lowest BCUT2D eigenvalue weighted by atomic mass is 10.1. The molecule has 88 valence electrons. The van der Waals surface area contributed by atoms with Crippen molar-refractivity contribution in [2.45, 2.75) is 20.3 Å². The number of aryl methyl sites for hydroxylation is 1. The van der Waals surface area contributed by atoms with Gasteiger partial charge in [0.2, 0.25) is 0 Å². The van der Waals surface area contributed by atoms with Crippen LogP contribution >= 0.6 is 0 Å². The lowest BCUT2D eigenvalue weighted by Gasteiger charge is -2.08. The van der Waals surface area contributed by atoms with Gasteiger partial charge in [0.25, 0.3) is 0 Å². The van der Waals surface area contributed by atoms with E-state index >= 15 is 0 Å². The molecular formula is C14H17N3. The number of rotatable bonds is 4. The van der Waals surface area contributed by atoms with Crippen molar-refractivity contribution >= 4 is 5.82 Å². The van der Waals surface area contributed by atoms with E-state index in [-0.39, 0.29) is 0 Å². The summed E-state index contributed by atoms with van der Waals surface area (Å²) < 4.78 is 0. The second-order valence-corrected chi connectivity index (χ2v) is 3.80. The molecule has 0 aliphatic carbocycles. The fourth-order valence-electron chi connectivity index (χ4n) is 1.68. The molecule has 0 saturated carbocycles. The lowest BCUT2D eigenvalue weighted by molar-refractivity contribution is 0.939. The summed E-state index contributed by atoms with van der Waals surface area (Å²) in [5.41, 5.74) is 2.11. The summed E-state index contributed by atoms with van der Waals surface area (Å²) in [6, 6.07) is 12.2. The monoisotopic (exact) mass is 227 g/mol. The van der Waals surface area contributed by atoms with Crippen molar-refractivity contribution in [1.82, 2.24) is 9.97 Å². The molecule has 0 saturated heterocycles. The summed E-state index contributed by atoms with van der Waals surface area (Å²) in [6.45, 7) is 5.00. The van der Waals surface area contributed by atoms with Crippen LogP contribution in [0.4, 0.5) is 5.82 Å². The van der Waals surface area contributed by atoms with Crippen LogP contribution in [0, 0.1) is 0 Å². The van der Waals surface area contributed by atoms with Gasteiger partial charge in [0.15, 0.2) is 0 Å². The van der Waals surface area contributed by atoms with Crippen LogP contribution in [0.3, 0.4) is 0 Å². The van der Waals surface area contributed by atoms with E-state index in [1.807, 2.05) is 24.3 Å². The van der Waals surface area contributed by atoms with Gasteiger partial charge < -0.3 is 5.32 Å². The number of aromatic nitrogens is 2. The van der Waals surface area contributed by atoms with Gasteiger partial charge in [-0.15, -0.1) is 0 Å². The third kappa shape index (κ3) is 2.81. The topological polar surface area (TPSA) is 37.8 Å². The molecule has 0 aliphatic rings. The number of hydrogen-bond donors (Lipinski definition) is 1. The van der Waals surface area contributed by atoms with Gasteiger partial charge in [-0.2, -0.15) is 0 Å². The Kier molecular flexibility index (Phi) is 3.70. The van der Waals surface area contributed by atoms with Crippen molar-refractivity contribution in [2.75, 3.05) is 11.9 Å². The first-order chi connectivity index (χ1) is 8.33. The van der Waals surface area contributed by atoms with Crippen LogP contribution in [-0.2, 0) is 6.42 Å². The molecule has 1 N–H and O–H groups in total. The van der Waals surface area contributed by atoms with Crippen LogP contribution in [0.5, 0.6) is 0 Å². The average molecular weight is 227 g/mol. The maximum atomic E-state index is 4.55. The molecule has 0 fully saturated rings. The summed E-state index contributed by atoms with van der Waals surface area (Å²) >= 11 is 0. The summed E-state index contributed by atoms with van der Waals surface area (Å²) in [4.78, 5) is 9.00. The van der Waals surface area contributed by atoms with E-state index < -0.39 is 0 Å². The highest BCUT2D eigenvalue weighted by molar-refractivity contribution is 5.62. The molecule has 3 heteroatoms. The molecule has 1 aromatic carbocycles. The van der Waals surface area contributed by atoms with Crippen molar-refractivity contribution in [3.8, 4) is 11.3 Å². The average Bonchev–Trinajstić information content (AvgIpc) is 2.40. The second kappa shape index (κ2) is 5.43. The Morgan fingerprint density at radius 3 is 2.47 bits per heavy atom. The molecule has 0 aliphatic heterocycles. The highest BCUT2D eigenvalue weighted by atomic mass is 15.0. The van der Waals surface area contributed by atoms with E-state index in [1.54, 1.807) is 0 Å². The standard InChI is InChI=1S/C14H17N3/c1-3-13-16-12(10-14(17-13)15-4-2)11-8-6-5-7-9-11/h5-10H,3-4H2,1-2H3,(H,15,16,17). The van der Waals surface area contributed by atoms with Crippen LogP contribution in [0.2, 0.25) is 0 Å². The van der Waals surface area contributed by atoms with Crippen molar-refractivity contribution in [3.05, 3.63) is 42.2 Å². The Bertz CT molecular complexity index is 480. The third-order valence-corrected chi connectivity index (χ3v) is 2.52. The summed E-state index contributed by atoms with van der Waals surface area (Å²) in [5.74, 6) is 1.78. The first kappa shape index (κ1) is 11.6. The number of hydrogen-bond acceptors (Lipinski definition) is 3. The maximum absolute atomic E-state index is 4.55. The van der Waals surface area contributed by atoms with Crippen molar-refractivity contribution in [1.29, 1.82) is 0 Å². The van der Waals surface area contributed by atoms with Gasteiger partial charge in [-0.05, 0) is 6.92 Å². The fraction of sp³-hybridized carbons (Fsp3) is 0.286. The Morgan fingerprint density at radius 2 is 1.82 bits per heavy atom. The van der Waals surface area contributed by atoms with Gasteiger partial charge in [0.1, 0.15) is 11.6 Å². The molecule has 0 unspecified atom stereocenters. The van der Waals surface area contributed by atoms with Gasteiger partial charge in [0.05, 0.1) is 5.69 Å². The number of benzene rings is 1. The molecule has 2 rings (SSSR count). The minimum absolute atomic E-state index is 0.846. The largest absolute Gasteiger partial charge is 0.370 e. The molecule has 0 bridgehead atoms. The zero-order valence-electron chi connectivity index (χ0n) is 10.3. The molecule has 0 amide bonds. The highest BCUT2D eigenvalue weighted by Crippen LogP contribution is 2.19. The van der Waals surface area contributed by atoms with Gasteiger partial charge in [-0.25, -0.2) is 9.97 Å². The smallest absolute Gasteiger partial charge is 0.131 e. The van der Waals surface area contributed by atoms with Gasteiger partial charge in [0, 0.05) is 24.6 Å². The fourth-order valence-corrected chi connectivity index (χ4v) is 1.68. The Labute approximate surface area is 102 Å². The minimum Gasteiger partial charge on any atom is -0.370 e. The molecule has 17 heavy (non-hydrogen) atoms. The van der Waals surface area contributed by atoms with E-state index in [1.165, 1.54) is 0 Å². The van der Waals surface area contributed by atoms with Crippen molar-refractivity contribution in [2.24, 2.45) is 0 Å². The number of anilines is 1. The van der Waals surface area contributed by atoms with E-state index in [9.17, 15) is 0 Å². The molecule has 0 radical (unpaired) electrons. The molecule has 1 aromatic heterocycles. The zero-order chi connectivity index (χ0) is 12.1. The number of nitrogens with one attached hydrogen (secondary N) is 1. The van der Waals surface area contributed by atoms with Gasteiger partial charge >= 0.3 is 0 Å². The van der Waals surface area contributed by atoms with Crippen LogP contribution in [0.1, 0.15) is 19.7 Å². The molecule has 3 nitrogen and oxygen atoms in total. The Morgan fingerprint density at radius 1 is 1.06 bits per heavy atom. The Hall–Kier alpha value is -1.90. The van der Waals surface area contributed by atoms with E-state index in [2.05, 4.69) is 41.3 Å². The quantitative estimate of drug-likeness (QED) is 0.872. The molecular weight excluding hydrogens is 210 g/mol. The van der Waals surface area contributed by atoms with E-state index in [4.69, 9.17) is 0 Å². The zero-order valence-corrected chi connectivity index (χ0v) is 10.3. The highest BCUT2D eigenvalue weighted by Gasteiger charge is 2.04. The lowest BCUT2D eigenvalue weighted by Crippen LogP contribution is -2.04. The van der Waals surface area contributed by atoms with Crippen molar-refractivity contribution in [3.63, 3.8) is 0 Å². The van der Waals surface area contributed by atoms with Crippen LogP contribution < -0.4 is 5.32 Å². The van der Waals surface area contributed by atoms with E-state index in [0.717, 1.165) is 35.9 Å². The normalized spacial score (nSPS) is 10.2. The van der Waals surface area contributed by atoms with E-state index in [0.29, 0.717) is 0 Å². The van der Waals surface area contributed by atoms with Crippen LogP contribution in [0.25, 0.3) is 11.3 Å². The maximum Gasteiger partial charge on any atom is 0.131 e. The van der Waals surface area contributed by atoms with Crippen molar-refractivity contribution < 1.29 is 0 Å². The third-order valence-electron chi connectivity index (χ3n) is 2.52. The number of nitrogens with zero attached hydrogens (tertiary/aromatic N) is 2. The minimum atomic E-state index is 0.846. The first-order valence-electron chi connectivity index (χ1n) is 6.00. The molecule has 0 spiro atoms. The summed E-state index contributed by atoms with van der Waals surface area (Å²) in [6.07, 6.45) is 0.846. The van der Waals surface area contributed by atoms with Crippen LogP contribution in [0.15, 0.2) is 36.4 Å². The molecule has 2 aromatic rings. The summed E-state index contributed by atoms with van der Waals surface area (Å²) in [7, 11) is 0. The SMILES string of the molecule is CCNc1cc(-c2ccccc2)nc(CC)n1. The molecule has 1 heterocycles. The molecule has 0 atom stereocenters. The predicted molar refractivity (Wildman–Crippen MR) is 71.0 cm³/mol. The first-order valence-corrected chi connectivity index (χ1v) is 6.00. The predicted octanol–water partition coefficient (Wildman–Crippen LogP) is 3.14. The summed E-state index contributed by atoms with van der Waals surface area (Å²) in [5, 5.41) is 3.24. The van der Waals surface area contributed by atoms with Crippen LogP contribution in [-0.4, -0.2) is 16.5 Å². The second-order valence-electron chi connectivity index (χ2n) is 3.80. The van der Waals surface area contributed by atoms with Gasteiger partial charge in [-0.3, -0.25) is 0 Å².